The van der Waals surface area contributed by atoms with Gasteiger partial charge >= 0.3 is 5.56 Å². The van der Waals surface area contributed by atoms with Crippen molar-refractivity contribution in [3.63, 3.8) is 0 Å². The van der Waals surface area contributed by atoms with Gasteiger partial charge in [-0.05, 0) is 36.2 Å². The Kier molecular flexibility index (Phi) is 6.13. The molecule has 2 heterocycles. The van der Waals surface area contributed by atoms with Gasteiger partial charge in [-0.15, -0.1) is 0 Å². The summed E-state index contributed by atoms with van der Waals surface area (Å²) in [7, 11) is 1.40. The van der Waals surface area contributed by atoms with Crippen LogP contribution in [0, 0.1) is 12.7 Å². The molecule has 4 rings (SSSR count). The Hall–Kier alpha value is -3.78. The van der Waals surface area contributed by atoms with Crippen molar-refractivity contribution in [2.45, 2.75) is 13.5 Å². The fraction of sp³-hybridized carbons (Fsp3) is 0.130. The number of nitrogens with zero attached hydrogens (tertiary/aromatic N) is 4. The van der Waals surface area contributed by atoms with Gasteiger partial charge in [-0.25, -0.2) is 4.39 Å². The number of methoxy groups -OCH3 is 1. The first kappa shape index (κ1) is 21.5. The predicted octanol–water partition coefficient (Wildman–Crippen LogP) is 4.60. The maximum Gasteiger partial charge on any atom is 0.316 e. The number of aryl methyl sites for hydroxylation is 1. The number of hydrogen-bond donors (Lipinski definition) is 1. The number of benzene rings is 2. The zero-order chi connectivity index (χ0) is 22.7. The third kappa shape index (κ3) is 4.60. The minimum atomic E-state index is -0.508. The molecule has 9 heteroatoms. The lowest BCUT2D eigenvalue weighted by molar-refractivity contribution is 0.402. The van der Waals surface area contributed by atoms with E-state index in [4.69, 9.17) is 16.3 Å². The topological polar surface area (TPSA) is 81.9 Å². The lowest BCUT2D eigenvalue weighted by Gasteiger charge is -2.17. The molecule has 32 heavy (non-hydrogen) atoms. The number of rotatable bonds is 6. The Morgan fingerprint density at radius 1 is 1.19 bits per heavy atom. The fourth-order valence-electron chi connectivity index (χ4n) is 3.15. The van der Waals surface area contributed by atoms with E-state index in [2.05, 4.69) is 20.3 Å². The molecule has 0 spiro atoms. The van der Waals surface area contributed by atoms with Gasteiger partial charge in [-0.2, -0.15) is 4.98 Å². The van der Waals surface area contributed by atoms with Crippen LogP contribution in [0.25, 0.3) is 11.3 Å². The Labute approximate surface area is 188 Å². The molecule has 0 bridgehead atoms. The van der Waals surface area contributed by atoms with Crippen LogP contribution in [0.15, 0.2) is 66.0 Å². The lowest BCUT2D eigenvalue weighted by Crippen LogP contribution is -2.19. The van der Waals surface area contributed by atoms with Crippen LogP contribution in [0.2, 0.25) is 5.02 Å². The predicted molar refractivity (Wildman–Crippen MR) is 121 cm³/mol. The van der Waals surface area contributed by atoms with E-state index in [1.54, 1.807) is 35.4 Å². The van der Waals surface area contributed by atoms with E-state index >= 15 is 0 Å². The molecule has 162 valence electrons. The largest absolute Gasteiger partial charge is 0.490 e. The van der Waals surface area contributed by atoms with Gasteiger partial charge in [-0.3, -0.25) is 14.8 Å². The van der Waals surface area contributed by atoms with Crippen LogP contribution >= 0.6 is 11.6 Å². The molecule has 0 aliphatic heterocycles. The normalized spacial score (nSPS) is 10.8. The molecule has 0 radical (unpaired) electrons. The van der Waals surface area contributed by atoms with Gasteiger partial charge < -0.3 is 14.6 Å². The molecule has 0 atom stereocenters. The summed E-state index contributed by atoms with van der Waals surface area (Å²) in [4.78, 5) is 25.0. The summed E-state index contributed by atoms with van der Waals surface area (Å²) >= 11 is 5.93. The molecule has 2 aromatic heterocycles. The number of aromatic nitrogens is 4. The molecular formula is C23H19ClFN5O2. The van der Waals surface area contributed by atoms with Gasteiger partial charge in [0.15, 0.2) is 0 Å². The lowest BCUT2D eigenvalue weighted by atomic mass is 10.1. The van der Waals surface area contributed by atoms with Crippen LogP contribution < -0.4 is 15.6 Å². The Morgan fingerprint density at radius 2 is 2.03 bits per heavy atom. The van der Waals surface area contributed by atoms with E-state index in [-0.39, 0.29) is 17.3 Å². The average Bonchev–Trinajstić information content (AvgIpc) is 2.80. The summed E-state index contributed by atoms with van der Waals surface area (Å²) in [6.45, 7) is 2.23. The van der Waals surface area contributed by atoms with Crippen molar-refractivity contribution in [3.05, 3.63) is 93.5 Å². The number of ether oxygens (including phenoxy) is 1. The molecule has 1 N–H and O–H groups in total. The molecule has 7 nitrogen and oxygen atoms in total. The van der Waals surface area contributed by atoms with Crippen molar-refractivity contribution in [3.8, 4) is 17.0 Å². The van der Waals surface area contributed by atoms with Crippen molar-refractivity contribution in [2.75, 3.05) is 12.4 Å². The van der Waals surface area contributed by atoms with Crippen molar-refractivity contribution in [1.29, 1.82) is 0 Å². The van der Waals surface area contributed by atoms with E-state index < -0.39 is 11.4 Å². The minimum Gasteiger partial charge on any atom is -0.490 e. The number of anilines is 2. The quantitative estimate of drug-likeness (QED) is 0.461. The first-order chi connectivity index (χ1) is 15.4. The van der Waals surface area contributed by atoms with Gasteiger partial charge in [0.25, 0.3) is 0 Å². The molecule has 2 aromatic carbocycles. The first-order valence-electron chi connectivity index (χ1n) is 9.68. The second kappa shape index (κ2) is 9.15. The summed E-state index contributed by atoms with van der Waals surface area (Å²) in [5, 5.41) is 3.25. The smallest absolute Gasteiger partial charge is 0.316 e. The van der Waals surface area contributed by atoms with E-state index in [1.807, 2.05) is 25.1 Å². The summed E-state index contributed by atoms with van der Waals surface area (Å²) in [6, 6.07) is 10.2. The summed E-state index contributed by atoms with van der Waals surface area (Å²) in [6.07, 6.45) is 6.46. The van der Waals surface area contributed by atoms with Crippen molar-refractivity contribution in [2.24, 2.45) is 0 Å². The van der Waals surface area contributed by atoms with Crippen LogP contribution in [0.3, 0.4) is 0 Å². The van der Waals surface area contributed by atoms with Gasteiger partial charge in [-0.1, -0.05) is 29.8 Å². The minimum absolute atomic E-state index is 0.0190. The molecule has 0 aliphatic carbocycles. The van der Waals surface area contributed by atoms with Crippen LogP contribution in [0.5, 0.6) is 5.75 Å². The van der Waals surface area contributed by atoms with E-state index in [1.165, 1.54) is 19.2 Å². The van der Waals surface area contributed by atoms with E-state index in [0.29, 0.717) is 5.95 Å². The third-order valence-corrected chi connectivity index (χ3v) is 5.15. The highest BCUT2D eigenvalue weighted by Gasteiger charge is 2.13. The molecule has 4 aromatic rings. The SMILES string of the molecule is COc1cn(Cc2ccc(F)c(Cl)c2)c(Nc2cc(-c3cnccn3)ccc2C)nc1=O. The number of hydrogen-bond acceptors (Lipinski definition) is 6. The Bertz CT molecular complexity index is 1330. The second-order valence-electron chi connectivity index (χ2n) is 7.06. The molecule has 0 aliphatic rings. The standard InChI is InChI=1S/C23H19ClFN5O2/c1-14-3-5-16(20-11-26-7-8-27-20)10-19(14)28-23-29-22(31)21(32-2)13-30(23)12-15-4-6-18(25)17(24)9-15/h3-11,13H,12H2,1-2H3,(H,28,29,31). The zero-order valence-electron chi connectivity index (χ0n) is 17.3. The maximum absolute atomic E-state index is 13.6. The van der Waals surface area contributed by atoms with Crippen molar-refractivity contribution >= 4 is 23.2 Å². The van der Waals surface area contributed by atoms with E-state index in [0.717, 1.165) is 28.1 Å². The van der Waals surface area contributed by atoms with Crippen LogP contribution in [0.1, 0.15) is 11.1 Å². The van der Waals surface area contributed by atoms with Crippen molar-refractivity contribution in [1.82, 2.24) is 19.5 Å². The zero-order valence-corrected chi connectivity index (χ0v) is 18.1. The van der Waals surface area contributed by atoms with Crippen molar-refractivity contribution < 1.29 is 9.13 Å². The van der Waals surface area contributed by atoms with Crippen LogP contribution in [-0.2, 0) is 6.54 Å². The van der Waals surface area contributed by atoms with Crippen LogP contribution in [0.4, 0.5) is 16.0 Å². The number of halogens is 2. The molecular weight excluding hydrogens is 433 g/mol. The summed E-state index contributed by atoms with van der Waals surface area (Å²) < 4.78 is 20.4. The molecule has 0 saturated heterocycles. The van der Waals surface area contributed by atoms with Crippen LogP contribution in [-0.4, -0.2) is 26.6 Å². The summed E-state index contributed by atoms with van der Waals surface area (Å²) in [5.41, 5.74) is 3.49. The Morgan fingerprint density at radius 3 is 2.75 bits per heavy atom. The highest BCUT2D eigenvalue weighted by molar-refractivity contribution is 6.30. The molecule has 0 saturated carbocycles. The van der Waals surface area contributed by atoms with Gasteiger partial charge in [0.1, 0.15) is 5.82 Å². The Balaban J connectivity index is 1.74. The third-order valence-electron chi connectivity index (χ3n) is 4.86. The highest BCUT2D eigenvalue weighted by Crippen LogP contribution is 2.26. The second-order valence-corrected chi connectivity index (χ2v) is 7.47. The summed E-state index contributed by atoms with van der Waals surface area (Å²) in [5.74, 6) is -0.106. The number of nitrogens with one attached hydrogen (secondary N) is 1. The molecule has 0 unspecified atom stereocenters. The fourth-order valence-corrected chi connectivity index (χ4v) is 3.36. The monoisotopic (exact) mass is 451 g/mol. The average molecular weight is 452 g/mol. The molecule has 0 amide bonds. The maximum atomic E-state index is 13.6. The highest BCUT2D eigenvalue weighted by atomic mass is 35.5. The van der Waals surface area contributed by atoms with Gasteiger partial charge in [0.05, 0.1) is 36.8 Å². The first-order valence-corrected chi connectivity index (χ1v) is 10.1. The van der Waals surface area contributed by atoms with Gasteiger partial charge in [0, 0.05) is 23.6 Å². The van der Waals surface area contributed by atoms with E-state index in [9.17, 15) is 9.18 Å². The molecule has 0 fully saturated rings. The van der Waals surface area contributed by atoms with Gasteiger partial charge in [0.2, 0.25) is 11.7 Å².